The van der Waals surface area contributed by atoms with Crippen molar-refractivity contribution >= 4 is 0 Å². The summed E-state index contributed by atoms with van der Waals surface area (Å²) in [5.74, 6) is 0.839. The lowest BCUT2D eigenvalue weighted by molar-refractivity contribution is 0.196. The lowest BCUT2D eigenvalue weighted by Crippen LogP contribution is -2.35. The van der Waals surface area contributed by atoms with Gasteiger partial charge in [0.05, 0.1) is 5.69 Å². The van der Waals surface area contributed by atoms with Gasteiger partial charge in [-0.1, -0.05) is 0 Å². The minimum absolute atomic E-state index is 0.448. The molecular weight excluding hydrogens is 236 g/mol. The summed E-state index contributed by atoms with van der Waals surface area (Å²) in [6, 6.07) is 0.448. The second kappa shape index (κ2) is 6.06. The van der Waals surface area contributed by atoms with Gasteiger partial charge in [-0.05, 0) is 59.7 Å². The summed E-state index contributed by atoms with van der Waals surface area (Å²) in [7, 11) is 4.28. The molecule has 1 unspecified atom stereocenters. The first-order valence-corrected chi connectivity index (χ1v) is 7.41. The first-order chi connectivity index (χ1) is 9.00. The van der Waals surface area contributed by atoms with Crippen LogP contribution in [0.5, 0.6) is 0 Å². The molecule has 0 aromatic carbocycles. The molecule has 108 valence electrons. The second-order valence-electron chi connectivity index (χ2n) is 6.02. The first kappa shape index (κ1) is 14.5. The fourth-order valence-electron chi connectivity index (χ4n) is 3.24. The molecule has 0 bridgehead atoms. The predicted molar refractivity (Wildman–Crippen MR) is 79.3 cm³/mol. The molecule has 0 saturated carbocycles. The Hall–Kier alpha value is -0.870. The molecule has 1 fully saturated rings. The molecule has 2 rings (SSSR count). The van der Waals surface area contributed by atoms with E-state index in [9.17, 15) is 0 Å². The van der Waals surface area contributed by atoms with Crippen LogP contribution >= 0.6 is 0 Å². The third kappa shape index (κ3) is 3.18. The lowest BCUT2D eigenvalue weighted by Gasteiger charge is -2.31. The van der Waals surface area contributed by atoms with Gasteiger partial charge in [-0.2, -0.15) is 5.10 Å². The number of rotatable bonds is 4. The minimum Gasteiger partial charge on any atom is -0.317 e. The highest BCUT2D eigenvalue weighted by Crippen LogP contribution is 2.26. The summed E-state index contributed by atoms with van der Waals surface area (Å²) in [5, 5.41) is 7.98. The molecule has 4 nitrogen and oxygen atoms in total. The zero-order valence-corrected chi connectivity index (χ0v) is 13.0. The lowest BCUT2D eigenvalue weighted by atomic mass is 9.96. The average molecular weight is 264 g/mol. The second-order valence-corrected chi connectivity index (χ2v) is 6.02. The molecule has 0 spiro atoms. The van der Waals surface area contributed by atoms with E-state index in [1.54, 1.807) is 0 Å². The van der Waals surface area contributed by atoms with Crippen LogP contribution in [0.3, 0.4) is 0 Å². The van der Waals surface area contributed by atoms with Crippen molar-refractivity contribution in [2.45, 2.75) is 39.7 Å². The van der Waals surface area contributed by atoms with E-state index in [1.807, 2.05) is 11.7 Å². The highest BCUT2D eigenvalue weighted by molar-refractivity contribution is 5.27. The molecule has 1 aliphatic rings. The maximum atomic E-state index is 4.54. The third-order valence-electron chi connectivity index (χ3n) is 4.65. The minimum atomic E-state index is 0.448. The third-order valence-corrected chi connectivity index (χ3v) is 4.65. The Morgan fingerprint density at radius 3 is 2.53 bits per heavy atom. The van der Waals surface area contributed by atoms with Crippen molar-refractivity contribution in [3.8, 4) is 0 Å². The van der Waals surface area contributed by atoms with Crippen molar-refractivity contribution in [2.24, 2.45) is 13.0 Å². The molecule has 4 heteroatoms. The van der Waals surface area contributed by atoms with Crippen molar-refractivity contribution in [1.29, 1.82) is 0 Å². The monoisotopic (exact) mass is 264 g/mol. The van der Waals surface area contributed by atoms with E-state index < -0.39 is 0 Å². The molecule has 1 N–H and O–H groups in total. The van der Waals surface area contributed by atoms with Gasteiger partial charge in [0.1, 0.15) is 0 Å². The Kier molecular flexibility index (Phi) is 4.63. The predicted octanol–water partition coefficient (Wildman–Crippen LogP) is 2.03. The van der Waals surface area contributed by atoms with Crippen LogP contribution in [-0.2, 0) is 7.05 Å². The summed E-state index contributed by atoms with van der Waals surface area (Å²) in [4.78, 5) is 2.49. The van der Waals surface area contributed by atoms with Gasteiger partial charge in [-0.3, -0.25) is 9.58 Å². The van der Waals surface area contributed by atoms with Crippen molar-refractivity contribution < 1.29 is 0 Å². The van der Waals surface area contributed by atoms with Crippen LogP contribution in [0.2, 0.25) is 0 Å². The van der Waals surface area contributed by atoms with Crippen LogP contribution in [0, 0.1) is 19.8 Å². The molecular formula is C15H28N4. The number of hydrogen-bond acceptors (Lipinski definition) is 3. The average Bonchev–Trinajstić information content (AvgIpc) is 2.63. The van der Waals surface area contributed by atoms with Gasteiger partial charge in [0.25, 0.3) is 0 Å². The van der Waals surface area contributed by atoms with Crippen LogP contribution in [0.15, 0.2) is 0 Å². The van der Waals surface area contributed by atoms with Gasteiger partial charge in [0.15, 0.2) is 0 Å². The van der Waals surface area contributed by atoms with Gasteiger partial charge in [0.2, 0.25) is 0 Å². The summed E-state index contributed by atoms with van der Waals surface area (Å²) in [6.07, 6.45) is 2.62. The number of aryl methyl sites for hydroxylation is 2. The first-order valence-electron chi connectivity index (χ1n) is 7.41. The largest absolute Gasteiger partial charge is 0.317 e. The summed E-state index contributed by atoms with van der Waals surface area (Å²) in [6.45, 7) is 10.1. The fraction of sp³-hybridized carbons (Fsp3) is 0.800. The van der Waals surface area contributed by atoms with Crippen molar-refractivity contribution in [1.82, 2.24) is 20.0 Å². The highest BCUT2D eigenvalue weighted by Gasteiger charge is 2.22. The number of aromatic nitrogens is 2. The van der Waals surface area contributed by atoms with Crippen molar-refractivity contribution in [3.05, 3.63) is 17.0 Å². The molecule has 0 aliphatic carbocycles. The molecule has 1 aliphatic heterocycles. The summed E-state index contributed by atoms with van der Waals surface area (Å²) in [5.41, 5.74) is 3.87. The maximum absolute atomic E-state index is 4.54. The van der Waals surface area contributed by atoms with Crippen LogP contribution in [0.25, 0.3) is 0 Å². The summed E-state index contributed by atoms with van der Waals surface area (Å²) < 4.78 is 2.00. The van der Waals surface area contributed by atoms with Crippen LogP contribution in [0.4, 0.5) is 0 Å². The zero-order chi connectivity index (χ0) is 14.0. The van der Waals surface area contributed by atoms with Crippen LogP contribution < -0.4 is 5.32 Å². The summed E-state index contributed by atoms with van der Waals surface area (Å²) >= 11 is 0. The molecule has 1 aromatic heterocycles. The number of piperidine rings is 1. The molecule has 0 radical (unpaired) electrons. The Morgan fingerprint density at radius 1 is 1.37 bits per heavy atom. The van der Waals surface area contributed by atoms with E-state index in [-0.39, 0.29) is 0 Å². The Balaban J connectivity index is 2.03. The van der Waals surface area contributed by atoms with E-state index in [2.05, 4.69) is 43.1 Å². The van der Waals surface area contributed by atoms with E-state index in [1.165, 1.54) is 49.4 Å². The van der Waals surface area contributed by atoms with E-state index in [0.29, 0.717) is 6.04 Å². The Bertz CT molecular complexity index is 418. The van der Waals surface area contributed by atoms with Gasteiger partial charge in [-0.15, -0.1) is 0 Å². The van der Waals surface area contributed by atoms with Crippen LogP contribution in [-0.4, -0.2) is 41.4 Å². The molecule has 19 heavy (non-hydrogen) atoms. The highest BCUT2D eigenvalue weighted by atomic mass is 15.3. The molecule has 0 amide bonds. The smallest absolute Gasteiger partial charge is 0.0644 e. The van der Waals surface area contributed by atoms with Crippen molar-refractivity contribution in [3.63, 3.8) is 0 Å². The van der Waals surface area contributed by atoms with E-state index in [0.717, 1.165) is 5.92 Å². The molecule has 2 heterocycles. The molecule has 1 aromatic rings. The molecule has 1 saturated heterocycles. The standard InChI is InChI=1S/C15H28N4/c1-11-15(13(3)19(5)17-11)12(2)18(4)10-14-6-8-16-9-7-14/h12,14,16H,6-10H2,1-5H3. The van der Waals surface area contributed by atoms with Crippen molar-refractivity contribution in [2.75, 3.05) is 26.7 Å². The van der Waals surface area contributed by atoms with Gasteiger partial charge in [0, 0.05) is 30.9 Å². The normalized spacial score (nSPS) is 19.1. The quantitative estimate of drug-likeness (QED) is 0.903. The number of hydrogen-bond donors (Lipinski definition) is 1. The zero-order valence-electron chi connectivity index (χ0n) is 13.0. The topological polar surface area (TPSA) is 33.1 Å². The van der Waals surface area contributed by atoms with E-state index >= 15 is 0 Å². The molecule has 1 atom stereocenters. The number of nitrogens with zero attached hydrogens (tertiary/aromatic N) is 3. The van der Waals surface area contributed by atoms with Gasteiger partial charge >= 0.3 is 0 Å². The Morgan fingerprint density at radius 2 is 2.00 bits per heavy atom. The number of nitrogens with one attached hydrogen (secondary N) is 1. The van der Waals surface area contributed by atoms with Gasteiger partial charge < -0.3 is 5.32 Å². The van der Waals surface area contributed by atoms with E-state index in [4.69, 9.17) is 0 Å². The van der Waals surface area contributed by atoms with Gasteiger partial charge in [-0.25, -0.2) is 0 Å². The maximum Gasteiger partial charge on any atom is 0.0644 e. The SMILES string of the molecule is Cc1nn(C)c(C)c1C(C)N(C)CC1CCNCC1. The Labute approximate surface area is 117 Å². The fourth-order valence-corrected chi connectivity index (χ4v) is 3.24. The van der Waals surface area contributed by atoms with Crippen LogP contribution in [0.1, 0.15) is 42.8 Å².